The second kappa shape index (κ2) is 7.27. The van der Waals surface area contributed by atoms with Crippen LogP contribution in [0.25, 0.3) is 0 Å². The molecule has 4 N–H and O–H groups in total. The highest BCUT2D eigenvalue weighted by atomic mass is 15.3. The maximum Gasteiger partial charge on any atom is 0.159 e. The van der Waals surface area contributed by atoms with E-state index in [4.69, 9.17) is 16.5 Å². The molecule has 25 heavy (non-hydrogen) atoms. The van der Waals surface area contributed by atoms with Gasteiger partial charge in [0.25, 0.3) is 0 Å². The van der Waals surface area contributed by atoms with Gasteiger partial charge in [-0.2, -0.15) is 0 Å². The van der Waals surface area contributed by atoms with Crippen molar-refractivity contribution in [2.75, 3.05) is 17.7 Å². The van der Waals surface area contributed by atoms with Crippen molar-refractivity contribution >= 4 is 23.2 Å². The lowest BCUT2D eigenvalue weighted by Crippen LogP contribution is -2.33. The predicted molar refractivity (Wildman–Crippen MR) is 104 cm³/mol. The van der Waals surface area contributed by atoms with Crippen LogP contribution in [0.1, 0.15) is 24.5 Å². The van der Waals surface area contributed by atoms with Gasteiger partial charge in [-0.25, -0.2) is 9.98 Å². The number of benzene rings is 1. The highest BCUT2D eigenvalue weighted by molar-refractivity contribution is 6.34. The van der Waals surface area contributed by atoms with Crippen LogP contribution in [0.4, 0.5) is 11.5 Å². The number of hydrogen-bond donors (Lipinski definition) is 2. The zero-order valence-corrected chi connectivity index (χ0v) is 14.5. The third-order valence-electron chi connectivity index (χ3n) is 4.00. The predicted octanol–water partition coefficient (Wildman–Crippen LogP) is 2.71. The largest absolute Gasteiger partial charge is 0.383 e. The zero-order chi connectivity index (χ0) is 17.8. The molecule has 0 saturated carbocycles. The van der Waals surface area contributed by atoms with Crippen molar-refractivity contribution in [3.05, 3.63) is 65.5 Å². The lowest BCUT2D eigenvalue weighted by Gasteiger charge is -2.22. The fraction of sp³-hybridized carbons (Fsp3) is 0.211. The Bertz CT molecular complexity index is 848. The van der Waals surface area contributed by atoms with E-state index in [1.54, 1.807) is 13.2 Å². The number of rotatable bonds is 4. The molecule has 6 nitrogen and oxygen atoms in total. The molecule has 2 aromatic rings. The summed E-state index contributed by atoms with van der Waals surface area (Å²) in [6, 6.07) is 11.8. The normalized spacial score (nSPS) is 17.4. The molecule has 0 aliphatic carbocycles. The first-order valence-corrected chi connectivity index (χ1v) is 8.25. The van der Waals surface area contributed by atoms with Crippen LogP contribution in [-0.4, -0.2) is 23.7 Å². The number of pyridine rings is 1. The molecule has 0 unspecified atom stereocenters. The molecule has 1 aromatic carbocycles. The van der Waals surface area contributed by atoms with Crippen molar-refractivity contribution in [3.8, 4) is 0 Å². The van der Waals surface area contributed by atoms with E-state index in [-0.39, 0.29) is 0 Å². The number of hydrogen-bond acceptors (Lipinski definition) is 5. The summed E-state index contributed by atoms with van der Waals surface area (Å²) in [6.45, 7) is 2.58. The van der Waals surface area contributed by atoms with Gasteiger partial charge in [0.15, 0.2) is 11.7 Å². The van der Waals surface area contributed by atoms with Gasteiger partial charge in [-0.05, 0) is 36.2 Å². The summed E-state index contributed by atoms with van der Waals surface area (Å²) in [5.74, 6) is 1.96. The molecular formula is C19H22N6. The number of nitrogens with two attached hydrogens (primary N) is 2. The van der Waals surface area contributed by atoms with E-state index in [9.17, 15) is 0 Å². The number of allylic oxidation sites excluding steroid dienone is 1. The Morgan fingerprint density at radius 2 is 1.96 bits per heavy atom. The minimum absolute atomic E-state index is 0.443. The van der Waals surface area contributed by atoms with Crippen LogP contribution < -0.4 is 16.4 Å². The number of aromatic nitrogens is 1. The Labute approximate surface area is 147 Å². The second-order valence-corrected chi connectivity index (χ2v) is 5.62. The molecule has 1 aliphatic rings. The first kappa shape index (κ1) is 16.9. The Morgan fingerprint density at radius 3 is 2.56 bits per heavy atom. The first-order valence-electron chi connectivity index (χ1n) is 8.25. The first-order chi connectivity index (χ1) is 12.2. The maximum absolute atomic E-state index is 6.10. The Morgan fingerprint density at radius 1 is 1.20 bits per heavy atom. The standard InChI is InChI=1S/C19H22N6/c1-3-5-16-19(22-2)25(14-9-7-13(12-20)8-10-14)18(24-16)15-6-4-11-23-17(15)21/h4-11H,3,12,20H2,1-2H3,(H2,21,23)/b16-5+,22-19?. The van der Waals surface area contributed by atoms with E-state index in [2.05, 4.69) is 23.0 Å². The average Bonchev–Trinajstić information content (AvgIpc) is 3.00. The van der Waals surface area contributed by atoms with Crippen molar-refractivity contribution < 1.29 is 0 Å². The van der Waals surface area contributed by atoms with Crippen LogP contribution >= 0.6 is 0 Å². The second-order valence-electron chi connectivity index (χ2n) is 5.62. The van der Waals surface area contributed by atoms with E-state index in [0.29, 0.717) is 12.4 Å². The van der Waals surface area contributed by atoms with Crippen molar-refractivity contribution in [1.29, 1.82) is 0 Å². The van der Waals surface area contributed by atoms with Gasteiger partial charge < -0.3 is 11.5 Å². The van der Waals surface area contributed by atoms with Crippen LogP contribution in [0.2, 0.25) is 0 Å². The molecule has 0 saturated heterocycles. The summed E-state index contributed by atoms with van der Waals surface area (Å²) in [7, 11) is 1.77. The van der Waals surface area contributed by atoms with Gasteiger partial charge in [0.1, 0.15) is 11.5 Å². The van der Waals surface area contributed by atoms with Gasteiger partial charge in [0.2, 0.25) is 0 Å². The summed E-state index contributed by atoms with van der Waals surface area (Å²) >= 11 is 0. The van der Waals surface area contributed by atoms with Gasteiger partial charge >= 0.3 is 0 Å². The monoisotopic (exact) mass is 334 g/mol. The quantitative estimate of drug-likeness (QED) is 0.899. The average molecular weight is 334 g/mol. The molecule has 3 rings (SSSR count). The highest BCUT2D eigenvalue weighted by Gasteiger charge is 2.31. The summed E-state index contributed by atoms with van der Waals surface area (Å²) in [5, 5.41) is 0. The summed E-state index contributed by atoms with van der Waals surface area (Å²) < 4.78 is 0. The van der Waals surface area contributed by atoms with Crippen molar-refractivity contribution in [3.63, 3.8) is 0 Å². The molecule has 0 amide bonds. The summed E-state index contributed by atoms with van der Waals surface area (Å²) in [4.78, 5) is 15.5. The van der Waals surface area contributed by atoms with Gasteiger partial charge in [-0.3, -0.25) is 9.89 Å². The molecular weight excluding hydrogens is 312 g/mol. The fourth-order valence-electron chi connectivity index (χ4n) is 2.79. The van der Waals surface area contributed by atoms with Gasteiger partial charge in [-0.1, -0.05) is 25.1 Å². The highest BCUT2D eigenvalue weighted by Crippen LogP contribution is 2.29. The van der Waals surface area contributed by atoms with Crippen molar-refractivity contribution in [2.45, 2.75) is 19.9 Å². The maximum atomic E-state index is 6.10. The Kier molecular flexibility index (Phi) is 4.90. The van der Waals surface area contributed by atoms with Gasteiger partial charge in [0.05, 0.1) is 5.56 Å². The molecule has 0 fully saturated rings. The Balaban J connectivity index is 2.15. The minimum Gasteiger partial charge on any atom is -0.383 e. The lowest BCUT2D eigenvalue weighted by atomic mass is 10.1. The Hall–Kier alpha value is -2.99. The van der Waals surface area contributed by atoms with Gasteiger partial charge in [-0.15, -0.1) is 0 Å². The van der Waals surface area contributed by atoms with Gasteiger partial charge in [0, 0.05) is 25.5 Å². The van der Waals surface area contributed by atoms with Crippen LogP contribution in [0, 0.1) is 0 Å². The molecule has 0 spiro atoms. The topological polar surface area (TPSA) is 92.9 Å². The SMILES string of the molecule is CC/C=C1/N=C(c2cccnc2N)N(c2ccc(CN)cc2)C1=NC. The number of aliphatic imine (C=N–C) groups is 2. The van der Waals surface area contributed by atoms with Crippen molar-refractivity contribution in [2.24, 2.45) is 15.7 Å². The fourth-order valence-corrected chi connectivity index (χ4v) is 2.79. The molecule has 0 atom stereocenters. The van der Waals surface area contributed by atoms with Crippen molar-refractivity contribution in [1.82, 2.24) is 4.98 Å². The molecule has 6 heteroatoms. The number of nitrogen functional groups attached to an aromatic ring is 1. The molecule has 0 bridgehead atoms. The third-order valence-corrected chi connectivity index (χ3v) is 4.00. The molecule has 0 radical (unpaired) electrons. The van der Waals surface area contributed by atoms with E-state index in [1.807, 2.05) is 41.3 Å². The lowest BCUT2D eigenvalue weighted by molar-refractivity contribution is 1.07. The zero-order valence-electron chi connectivity index (χ0n) is 14.5. The third kappa shape index (κ3) is 3.16. The number of amidine groups is 2. The van der Waals surface area contributed by atoms with E-state index in [1.165, 1.54) is 0 Å². The summed E-state index contributed by atoms with van der Waals surface area (Å²) in [6.07, 6.45) is 4.60. The van der Waals surface area contributed by atoms with Crippen LogP contribution in [0.3, 0.4) is 0 Å². The van der Waals surface area contributed by atoms with Crippen LogP contribution in [0.5, 0.6) is 0 Å². The van der Waals surface area contributed by atoms with E-state index >= 15 is 0 Å². The minimum atomic E-state index is 0.443. The number of anilines is 2. The smallest absolute Gasteiger partial charge is 0.159 e. The summed E-state index contributed by atoms with van der Waals surface area (Å²) in [5.41, 5.74) is 15.5. The molecule has 2 heterocycles. The van der Waals surface area contributed by atoms with E-state index < -0.39 is 0 Å². The molecule has 1 aromatic heterocycles. The van der Waals surface area contributed by atoms with Crippen LogP contribution in [0.15, 0.2) is 64.4 Å². The molecule has 1 aliphatic heterocycles. The number of nitrogens with zero attached hydrogens (tertiary/aromatic N) is 4. The molecule has 128 valence electrons. The van der Waals surface area contributed by atoms with Crippen LogP contribution in [-0.2, 0) is 6.54 Å². The van der Waals surface area contributed by atoms with E-state index in [0.717, 1.165) is 40.6 Å².